The number of aliphatic carboxylic acids is 1. The van der Waals surface area contributed by atoms with Gasteiger partial charge in [-0.3, -0.25) is 24.1 Å². The van der Waals surface area contributed by atoms with Crippen LogP contribution in [0.25, 0.3) is 10.9 Å². The second kappa shape index (κ2) is 15.7. The molecular formula is C33H33FN5NaO9S. The molecule has 1 aromatic heterocycles. The second-order valence-electron chi connectivity index (χ2n) is 11.5. The molecule has 3 amide bonds. The van der Waals surface area contributed by atoms with Crippen LogP contribution in [0.5, 0.6) is 5.75 Å². The summed E-state index contributed by atoms with van der Waals surface area (Å²) in [5.41, 5.74) is -0.651. The van der Waals surface area contributed by atoms with E-state index in [4.69, 9.17) is 9.47 Å². The van der Waals surface area contributed by atoms with Crippen LogP contribution in [0.2, 0.25) is 0 Å². The molecule has 3 aromatic rings. The maximum atomic E-state index is 15.3. The average Bonchev–Trinajstić information content (AvgIpc) is 3.12. The first-order chi connectivity index (χ1) is 23.6. The molecule has 0 bridgehead atoms. The molecule has 50 heavy (non-hydrogen) atoms. The van der Waals surface area contributed by atoms with Gasteiger partial charge in [0, 0.05) is 55.6 Å². The molecule has 17 heteroatoms. The summed E-state index contributed by atoms with van der Waals surface area (Å²) in [5, 5.41) is 11.9. The number of β-lactam (4-membered cyclic amide) rings is 1. The Morgan fingerprint density at radius 3 is 2.48 bits per heavy atom. The first-order valence-corrected chi connectivity index (χ1v) is 16.5. The summed E-state index contributed by atoms with van der Waals surface area (Å²) < 4.78 is 27.8. The van der Waals surface area contributed by atoms with Crippen molar-refractivity contribution in [3.05, 3.63) is 81.5 Å². The quantitative estimate of drug-likeness (QED) is 0.124. The Balaban J connectivity index is 0.00000486. The number of thioether (sulfide) groups is 1. The molecule has 2 aromatic carbocycles. The minimum atomic E-state index is -1.42. The van der Waals surface area contributed by atoms with Gasteiger partial charge in [-0.1, -0.05) is 18.2 Å². The number of fused-ring (bicyclic) bond motifs is 2. The third-order valence-electron chi connectivity index (χ3n) is 8.57. The van der Waals surface area contributed by atoms with Gasteiger partial charge in [-0.25, -0.2) is 14.0 Å². The molecule has 2 N–H and O–H groups in total. The molecule has 1 unspecified atom stereocenters. The van der Waals surface area contributed by atoms with Crippen molar-refractivity contribution < 1.29 is 42.9 Å². The molecule has 258 valence electrons. The zero-order valence-electron chi connectivity index (χ0n) is 26.3. The van der Waals surface area contributed by atoms with E-state index in [0.29, 0.717) is 44.0 Å². The molecule has 2 saturated heterocycles. The van der Waals surface area contributed by atoms with Crippen LogP contribution in [0.3, 0.4) is 0 Å². The standard InChI is InChI=1S/C33H32FN5O9S.Na.H/c1-2-37-14-22(29(42)21-12-23(34)25(13-24(21)37)38-10-8-36(18-40)9-11-38)33(46)48-15-19-17-49-31-27(30(43)39(31)28(19)32(44)45)35-26(41)16-47-20-6-4-3-5-7-20;;/h3-7,12-14,18,27,31H,2,8-11,15-17H2,1H3,(H,35,41)(H,44,45);;/t27?,31-;;/m1../s1. The van der Waals surface area contributed by atoms with E-state index in [1.165, 1.54) is 18.0 Å². The number of nitrogens with one attached hydrogen (secondary N) is 1. The van der Waals surface area contributed by atoms with Gasteiger partial charge in [0.15, 0.2) is 6.61 Å². The Labute approximate surface area is 311 Å². The summed E-state index contributed by atoms with van der Waals surface area (Å²) >= 11 is 1.19. The van der Waals surface area contributed by atoms with Crippen LogP contribution in [0.4, 0.5) is 10.1 Å². The molecule has 2 fully saturated rings. The number of carboxylic acids is 1. The Hall–Kier alpha value is -4.38. The normalized spacial score (nSPS) is 18.5. The fourth-order valence-electron chi connectivity index (χ4n) is 6.02. The number of anilines is 1. The number of nitrogens with zero attached hydrogens (tertiary/aromatic N) is 4. The van der Waals surface area contributed by atoms with Gasteiger partial charge in [-0.2, -0.15) is 0 Å². The van der Waals surface area contributed by atoms with Crippen molar-refractivity contribution in [2.45, 2.75) is 24.9 Å². The predicted molar refractivity (Wildman–Crippen MR) is 183 cm³/mol. The average molecular weight is 718 g/mol. The van der Waals surface area contributed by atoms with Crippen LogP contribution in [0.15, 0.2) is 64.7 Å². The summed E-state index contributed by atoms with van der Waals surface area (Å²) in [7, 11) is 0. The number of esters is 1. The van der Waals surface area contributed by atoms with Crippen LogP contribution in [-0.2, 0) is 30.5 Å². The number of carbonyl (C=O) groups is 5. The van der Waals surface area contributed by atoms with Crippen molar-refractivity contribution in [1.82, 2.24) is 19.7 Å². The monoisotopic (exact) mass is 717 g/mol. The van der Waals surface area contributed by atoms with E-state index >= 15 is 4.39 Å². The van der Waals surface area contributed by atoms with Crippen molar-refractivity contribution in [1.29, 1.82) is 0 Å². The van der Waals surface area contributed by atoms with Crippen LogP contribution < -0.4 is 20.4 Å². The molecule has 0 spiro atoms. The number of hydrogen-bond donors (Lipinski definition) is 2. The number of pyridine rings is 1. The third kappa shape index (κ3) is 7.24. The summed E-state index contributed by atoms with van der Waals surface area (Å²) in [6.07, 6.45) is 2.07. The van der Waals surface area contributed by atoms with E-state index in [-0.39, 0.29) is 69.8 Å². The Bertz CT molecular complexity index is 1930. The zero-order valence-corrected chi connectivity index (χ0v) is 27.1. The molecule has 0 radical (unpaired) electrons. The number of benzene rings is 2. The number of aryl methyl sites for hydroxylation is 1. The van der Waals surface area contributed by atoms with Gasteiger partial charge in [-0.05, 0) is 31.2 Å². The fourth-order valence-corrected chi connectivity index (χ4v) is 7.35. The van der Waals surface area contributed by atoms with E-state index < -0.39 is 53.0 Å². The Morgan fingerprint density at radius 2 is 1.82 bits per heavy atom. The van der Waals surface area contributed by atoms with Crippen molar-refractivity contribution in [2.24, 2.45) is 0 Å². The Kier molecular flexibility index (Phi) is 11.6. The van der Waals surface area contributed by atoms with E-state index in [1.807, 2.05) is 0 Å². The van der Waals surface area contributed by atoms with Crippen LogP contribution in [0.1, 0.15) is 17.3 Å². The second-order valence-corrected chi connectivity index (χ2v) is 12.6. The Morgan fingerprint density at radius 1 is 1.10 bits per heavy atom. The molecular weight excluding hydrogens is 684 g/mol. The molecule has 3 aliphatic heterocycles. The number of aromatic nitrogens is 1. The van der Waals surface area contributed by atoms with Crippen molar-refractivity contribution in [3.8, 4) is 5.75 Å². The summed E-state index contributed by atoms with van der Waals surface area (Å²) in [5.74, 6) is -3.75. The predicted octanol–water partition coefficient (Wildman–Crippen LogP) is 0.765. The van der Waals surface area contributed by atoms with Crippen LogP contribution >= 0.6 is 11.8 Å². The maximum absolute atomic E-state index is 15.3. The first-order valence-electron chi connectivity index (χ1n) is 15.5. The minimum absolute atomic E-state index is 0. The van der Waals surface area contributed by atoms with Crippen molar-refractivity contribution in [3.63, 3.8) is 0 Å². The third-order valence-corrected chi connectivity index (χ3v) is 9.91. The summed E-state index contributed by atoms with van der Waals surface area (Å²) in [4.78, 5) is 79.9. The number of hydrogen-bond acceptors (Lipinski definition) is 10. The van der Waals surface area contributed by atoms with Gasteiger partial charge in [0.05, 0.1) is 11.2 Å². The molecule has 14 nitrogen and oxygen atoms in total. The number of halogens is 1. The van der Waals surface area contributed by atoms with E-state index in [0.717, 1.165) is 17.4 Å². The molecule has 0 saturated carbocycles. The van der Waals surface area contributed by atoms with Gasteiger partial charge in [-0.15, -0.1) is 11.8 Å². The number of carbonyl (C=O) groups excluding carboxylic acids is 4. The zero-order chi connectivity index (χ0) is 34.8. The first kappa shape index (κ1) is 36.9. The molecule has 2 atom stereocenters. The van der Waals surface area contributed by atoms with Crippen molar-refractivity contribution >= 4 is 88.1 Å². The number of para-hydroxylation sites is 1. The van der Waals surface area contributed by atoms with Gasteiger partial charge in [0.25, 0.3) is 11.8 Å². The van der Waals surface area contributed by atoms with Gasteiger partial charge in [0.2, 0.25) is 11.8 Å². The van der Waals surface area contributed by atoms with E-state index in [1.54, 1.807) is 57.7 Å². The fraction of sp³-hybridized carbons (Fsp3) is 0.333. The van der Waals surface area contributed by atoms with E-state index in [2.05, 4.69) is 5.32 Å². The summed E-state index contributed by atoms with van der Waals surface area (Å²) in [6.45, 7) is 2.96. The van der Waals surface area contributed by atoms with Gasteiger partial charge < -0.3 is 34.3 Å². The van der Waals surface area contributed by atoms with Crippen LogP contribution in [-0.4, -0.2) is 136 Å². The van der Waals surface area contributed by atoms with Gasteiger partial charge >= 0.3 is 41.5 Å². The number of amides is 3. The molecule has 0 aliphatic carbocycles. The number of piperazine rings is 1. The SMILES string of the molecule is CCn1cc(C(=O)OCC2=C(C(=O)O)N3C(=O)C(NC(=O)COc4ccccc4)[C@H]3SC2)c(=O)c2cc(F)c(N3CCN(C=O)CC3)cc21.[NaH]. The molecule has 4 heterocycles. The van der Waals surface area contributed by atoms with Gasteiger partial charge in [0.1, 0.15) is 40.8 Å². The number of rotatable bonds is 11. The van der Waals surface area contributed by atoms with Crippen molar-refractivity contribution in [2.75, 3.05) is 50.0 Å². The van der Waals surface area contributed by atoms with E-state index in [9.17, 15) is 33.9 Å². The van der Waals surface area contributed by atoms with Crippen LogP contribution in [0, 0.1) is 5.82 Å². The number of carboxylic acid groups (broad SMARTS) is 1. The number of ether oxygens (including phenoxy) is 2. The summed E-state index contributed by atoms with van der Waals surface area (Å²) in [6, 6.07) is 10.3. The molecule has 3 aliphatic rings. The molecule has 6 rings (SSSR count). The topological polar surface area (TPSA) is 168 Å².